The minimum atomic E-state index is 0.0103. The number of carbonyl (C=O) groups is 1. The maximum Gasteiger partial charge on any atom is 0.165 e. The quantitative estimate of drug-likeness (QED) is 0.412. The van der Waals surface area contributed by atoms with E-state index in [9.17, 15) is 4.79 Å². The Balaban J connectivity index is 1.61. The third-order valence-electron chi connectivity index (χ3n) is 4.38. The molecule has 0 fully saturated rings. The third-order valence-corrected chi connectivity index (χ3v) is 4.38. The number of carbonyl (C=O) groups excluding carboxylic acids is 1. The van der Waals surface area contributed by atoms with Crippen LogP contribution in [0.2, 0.25) is 0 Å². The molecule has 3 aromatic carbocycles. The number of ketones is 1. The minimum Gasteiger partial charge on any atom is -0.294 e. The van der Waals surface area contributed by atoms with Crippen molar-refractivity contribution in [3.8, 4) is 0 Å². The molecule has 1 atom stereocenters. The lowest BCUT2D eigenvalue weighted by atomic mass is 9.96. The first kappa shape index (κ1) is 16.2. The smallest absolute Gasteiger partial charge is 0.165 e. The molecule has 0 N–H and O–H groups in total. The van der Waals surface area contributed by atoms with Crippen molar-refractivity contribution in [2.24, 2.45) is 5.92 Å². The molecule has 120 valence electrons. The van der Waals surface area contributed by atoms with Gasteiger partial charge in [0, 0.05) is 11.5 Å². The molecule has 0 aliphatic rings. The van der Waals surface area contributed by atoms with Crippen LogP contribution < -0.4 is 0 Å². The number of allylic oxidation sites excluding steroid dienone is 2. The van der Waals surface area contributed by atoms with E-state index in [1.807, 2.05) is 37.3 Å². The van der Waals surface area contributed by atoms with Gasteiger partial charge in [-0.2, -0.15) is 0 Å². The van der Waals surface area contributed by atoms with Crippen LogP contribution in [0.5, 0.6) is 0 Å². The highest BCUT2D eigenvalue weighted by atomic mass is 16.1. The Labute approximate surface area is 143 Å². The lowest BCUT2D eigenvalue weighted by Crippen LogP contribution is -2.10. The van der Waals surface area contributed by atoms with E-state index in [-0.39, 0.29) is 11.7 Å². The lowest BCUT2D eigenvalue weighted by Gasteiger charge is -2.08. The predicted octanol–water partition coefficient (Wildman–Crippen LogP) is 5.85. The third kappa shape index (κ3) is 3.80. The summed E-state index contributed by atoms with van der Waals surface area (Å²) in [6.07, 6.45) is 5.98. The van der Waals surface area contributed by atoms with E-state index in [4.69, 9.17) is 0 Å². The molecular weight excluding hydrogens is 292 g/mol. The Bertz CT molecular complexity index is 841. The van der Waals surface area contributed by atoms with Gasteiger partial charge in [-0.1, -0.05) is 91.9 Å². The molecule has 1 heteroatoms. The summed E-state index contributed by atoms with van der Waals surface area (Å²) >= 11 is 0. The predicted molar refractivity (Wildman–Crippen MR) is 101 cm³/mol. The molecule has 24 heavy (non-hydrogen) atoms. The molecule has 3 aromatic rings. The Morgan fingerprint density at radius 1 is 0.875 bits per heavy atom. The van der Waals surface area contributed by atoms with Gasteiger partial charge in [-0.25, -0.2) is 0 Å². The molecule has 0 saturated carbocycles. The standard InChI is InChI=1S/C23H22O/c1-18(23(24)21-13-3-2-4-14-21)10-5-6-11-19-15-9-16-20-12-7-8-17-22(19)20/h2-9,12-18H,10-11H2,1H3/b6-5+. The van der Waals surface area contributed by atoms with E-state index in [1.165, 1.54) is 16.3 Å². The van der Waals surface area contributed by atoms with Crippen LogP contribution in [-0.4, -0.2) is 5.78 Å². The zero-order chi connectivity index (χ0) is 16.8. The summed E-state index contributed by atoms with van der Waals surface area (Å²) in [4.78, 5) is 12.3. The number of Topliss-reactive ketones (excluding diaryl/α,β-unsaturated/α-hetero) is 1. The Morgan fingerprint density at radius 3 is 2.42 bits per heavy atom. The lowest BCUT2D eigenvalue weighted by molar-refractivity contribution is 0.0931. The molecule has 0 bridgehead atoms. The second-order valence-electron chi connectivity index (χ2n) is 6.18. The number of benzene rings is 3. The monoisotopic (exact) mass is 314 g/mol. The molecular formula is C23H22O. The second kappa shape index (κ2) is 7.74. The Morgan fingerprint density at radius 2 is 1.58 bits per heavy atom. The Hall–Kier alpha value is -2.67. The first-order valence-corrected chi connectivity index (χ1v) is 8.46. The van der Waals surface area contributed by atoms with Gasteiger partial charge in [0.2, 0.25) is 0 Å². The van der Waals surface area contributed by atoms with Gasteiger partial charge in [0.25, 0.3) is 0 Å². The van der Waals surface area contributed by atoms with Crippen molar-refractivity contribution in [1.82, 2.24) is 0 Å². The van der Waals surface area contributed by atoms with Crippen molar-refractivity contribution >= 4 is 16.6 Å². The van der Waals surface area contributed by atoms with Crippen LogP contribution in [0.25, 0.3) is 10.8 Å². The second-order valence-corrected chi connectivity index (χ2v) is 6.18. The Kier molecular flexibility index (Phi) is 5.22. The minimum absolute atomic E-state index is 0.0103. The fourth-order valence-electron chi connectivity index (χ4n) is 2.98. The van der Waals surface area contributed by atoms with Crippen LogP contribution >= 0.6 is 0 Å². The molecule has 0 aromatic heterocycles. The average Bonchev–Trinajstić information content (AvgIpc) is 2.65. The van der Waals surface area contributed by atoms with Crippen molar-refractivity contribution in [2.45, 2.75) is 19.8 Å². The first-order valence-electron chi connectivity index (χ1n) is 8.46. The van der Waals surface area contributed by atoms with E-state index < -0.39 is 0 Å². The van der Waals surface area contributed by atoms with Gasteiger partial charge in [0.05, 0.1) is 0 Å². The molecule has 3 rings (SSSR count). The molecule has 0 saturated heterocycles. The normalized spacial score (nSPS) is 12.5. The zero-order valence-electron chi connectivity index (χ0n) is 14.0. The molecule has 0 radical (unpaired) electrons. The summed E-state index contributed by atoms with van der Waals surface area (Å²) in [5.41, 5.74) is 2.12. The van der Waals surface area contributed by atoms with Crippen molar-refractivity contribution in [3.63, 3.8) is 0 Å². The number of hydrogen-bond donors (Lipinski definition) is 0. The summed E-state index contributed by atoms with van der Waals surface area (Å²) in [5.74, 6) is 0.224. The SMILES string of the molecule is CC(C/C=C/Cc1cccc2ccccc12)C(=O)c1ccccc1. The molecule has 0 spiro atoms. The highest BCUT2D eigenvalue weighted by Gasteiger charge is 2.12. The van der Waals surface area contributed by atoms with E-state index in [0.29, 0.717) is 0 Å². The largest absolute Gasteiger partial charge is 0.294 e. The maximum atomic E-state index is 12.3. The fraction of sp³-hybridized carbons (Fsp3) is 0.174. The van der Waals surface area contributed by atoms with Crippen molar-refractivity contribution in [2.75, 3.05) is 0 Å². The highest BCUT2D eigenvalue weighted by molar-refractivity contribution is 5.97. The van der Waals surface area contributed by atoms with Gasteiger partial charge in [0.1, 0.15) is 0 Å². The summed E-state index contributed by atoms with van der Waals surface area (Å²) < 4.78 is 0. The van der Waals surface area contributed by atoms with Crippen molar-refractivity contribution in [3.05, 3.63) is 96.1 Å². The van der Waals surface area contributed by atoms with Crippen LogP contribution in [0, 0.1) is 5.92 Å². The zero-order valence-corrected chi connectivity index (χ0v) is 14.0. The van der Waals surface area contributed by atoms with Crippen LogP contribution in [0.1, 0.15) is 29.3 Å². The summed E-state index contributed by atoms with van der Waals surface area (Å²) in [5, 5.41) is 2.58. The average molecular weight is 314 g/mol. The summed E-state index contributed by atoms with van der Waals surface area (Å²) in [6.45, 7) is 2.00. The van der Waals surface area contributed by atoms with Crippen LogP contribution in [-0.2, 0) is 6.42 Å². The molecule has 1 unspecified atom stereocenters. The number of rotatable bonds is 6. The van der Waals surface area contributed by atoms with Gasteiger partial charge >= 0.3 is 0 Å². The summed E-state index contributed by atoms with van der Waals surface area (Å²) in [7, 11) is 0. The van der Waals surface area contributed by atoms with E-state index >= 15 is 0 Å². The topological polar surface area (TPSA) is 17.1 Å². The van der Waals surface area contributed by atoms with Crippen molar-refractivity contribution in [1.29, 1.82) is 0 Å². The summed E-state index contributed by atoms with van der Waals surface area (Å²) in [6, 6.07) is 24.4. The van der Waals surface area contributed by atoms with E-state index in [2.05, 4.69) is 54.6 Å². The van der Waals surface area contributed by atoms with Crippen LogP contribution in [0.3, 0.4) is 0 Å². The van der Waals surface area contributed by atoms with Gasteiger partial charge < -0.3 is 0 Å². The number of hydrogen-bond acceptors (Lipinski definition) is 1. The van der Waals surface area contributed by atoms with Crippen LogP contribution in [0.15, 0.2) is 84.9 Å². The van der Waals surface area contributed by atoms with Gasteiger partial charge in [0.15, 0.2) is 5.78 Å². The molecule has 0 aliphatic heterocycles. The van der Waals surface area contributed by atoms with E-state index in [1.54, 1.807) is 0 Å². The molecule has 1 nitrogen and oxygen atoms in total. The molecule has 0 aliphatic carbocycles. The van der Waals surface area contributed by atoms with Gasteiger partial charge in [-0.15, -0.1) is 0 Å². The van der Waals surface area contributed by atoms with Crippen LogP contribution in [0.4, 0.5) is 0 Å². The first-order chi connectivity index (χ1) is 11.8. The van der Waals surface area contributed by atoms with Gasteiger partial charge in [-0.05, 0) is 29.2 Å². The maximum absolute atomic E-state index is 12.3. The molecule has 0 amide bonds. The number of fused-ring (bicyclic) bond motifs is 1. The van der Waals surface area contributed by atoms with Crippen molar-refractivity contribution < 1.29 is 4.79 Å². The molecule has 0 heterocycles. The fourth-order valence-corrected chi connectivity index (χ4v) is 2.98. The van der Waals surface area contributed by atoms with Gasteiger partial charge in [-0.3, -0.25) is 4.79 Å². The van der Waals surface area contributed by atoms with E-state index in [0.717, 1.165) is 18.4 Å². The highest BCUT2D eigenvalue weighted by Crippen LogP contribution is 2.19.